The van der Waals surface area contributed by atoms with Gasteiger partial charge in [-0.15, -0.1) is 0 Å². The number of nitrogens with one attached hydrogen (secondary N) is 2. The van der Waals surface area contributed by atoms with E-state index in [1.165, 1.54) is 25.7 Å². The summed E-state index contributed by atoms with van der Waals surface area (Å²) >= 11 is 0. The quantitative estimate of drug-likeness (QED) is 0.618. The highest BCUT2D eigenvalue weighted by atomic mass is 16.2. The number of anilines is 3. The van der Waals surface area contributed by atoms with Gasteiger partial charge < -0.3 is 25.0 Å². The fourth-order valence-corrected chi connectivity index (χ4v) is 5.95. The molecule has 1 spiro atoms. The van der Waals surface area contributed by atoms with E-state index in [0.717, 1.165) is 42.7 Å². The van der Waals surface area contributed by atoms with Crippen LogP contribution in [-0.4, -0.2) is 70.1 Å². The van der Waals surface area contributed by atoms with Gasteiger partial charge in [-0.3, -0.25) is 4.79 Å². The summed E-state index contributed by atoms with van der Waals surface area (Å²) in [7, 11) is 4.32. The highest BCUT2D eigenvalue weighted by molar-refractivity contribution is 5.99. The number of piperidine rings is 1. The molecule has 6 rings (SSSR count). The molecule has 1 saturated carbocycles. The molecule has 2 aliphatic heterocycles. The predicted molar refractivity (Wildman–Crippen MR) is 133 cm³/mol. The van der Waals surface area contributed by atoms with Crippen molar-refractivity contribution in [3.63, 3.8) is 0 Å². The monoisotopic (exact) mass is 460 g/mol. The molecule has 0 radical (unpaired) electrons. The predicted octanol–water partition coefficient (Wildman–Crippen LogP) is 3.11. The number of carbonyl (C=O) groups is 1. The molecule has 0 bridgehead atoms. The van der Waals surface area contributed by atoms with Gasteiger partial charge in [-0.05, 0) is 58.0 Å². The van der Waals surface area contributed by atoms with Gasteiger partial charge in [0.15, 0.2) is 0 Å². The third-order valence-electron chi connectivity index (χ3n) is 7.91. The molecule has 34 heavy (non-hydrogen) atoms. The second kappa shape index (κ2) is 8.23. The van der Waals surface area contributed by atoms with Crippen LogP contribution < -0.4 is 15.5 Å². The summed E-state index contributed by atoms with van der Waals surface area (Å²) in [5, 5.41) is 7.25. The summed E-state index contributed by atoms with van der Waals surface area (Å²) in [4.78, 5) is 31.3. The molecule has 3 aromatic rings. The SMILES string of the molecule is CN(C)C1CCN(c2ccc(Nc3ncc4cc5n(c4n3)C3(CCCC3)CNC5=O)nc2)CC1. The molecule has 0 unspecified atom stereocenters. The van der Waals surface area contributed by atoms with E-state index >= 15 is 0 Å². The molecule has 1 amide bonds. The van der Waals surface area contributed by atoms with E-state index in [1.807, 2.05) is 18.3 Å². The van der Waals surface area contributed by atoms with Crippen LogP contribution in [0.4, 0.5) is 17.5 Å². The maximum absolute atomic E-state index is 12.6. The van der Waals surface area contributed by atoms with Crippen molar-refractivity contribution in [1.29, 1.82) is 0 Å². The van der Waals surface area contributed by atoms with E-state index in [9.17, 15) is 4.79 Å². The smallest absolute Gasteiger partial charge is 0.268 e. The molecule has 0 aromatic carbocycles. The summed E-state index contributed by atoms with van der Waals surface area (Å²) in [5.41, 5.74) is 2.59. The van der Waals surface area contributed by atoms with Crippen molar-refractivity contribution < 1.29 is 4.79 Å². The van der Waals surface area contributed by atoms with Crippen LogP contribution in [0.2, 0.25) is 0 Å². The van der Waals surface area contributed by atoms with Crippen LogP contribution in [0.1, 0.15) is 49.0 Å². The molecule has 5 heterocycles. The minimum Gasteiger partial charge on any atom is -0.370 e. The van der Waals surface area contributed by atoms with Crippen molar-refractivity contribution >= 4 is 34.4 Å². The Kier molecular flexibility index (Phi) is 5.17. The van der Waals surface area contributed by atoms with Gasteiger partial charge in [0.25, 0.3) is 5.91 Å². The van der Waals surface area contributed by atoms with E-state index in [0.29, 0.717) is 30.0 Å². The lowest BCUT2D eigenvalue weighted by molar-refractivity contribution is 0.0876. The second-order valence-electron chi connectivity index (χ2n) is 10.2. The minimum atomic E-state index is -0.0729. The average molecular weight is 461 g/mol. The van der Waals surface area contributed by atoms with Gasteiger partial charge in [0, 0.05) is 37.3 Å². The zero-order chi connectivity index (χ0) is 23.3. The van der Waals surface area contributed by atoms with E-state index in [-0.39, 0.29) is 11.4 Å². The number of aromatic nitrogens is 4. The van der Waals surface area contributed by atoms with E-state index < -0.39 is 0 Å². The number of nitrogens with zero attached hydrogens (tertiary/aromatic N) is 6. The zero-order valence-corrected chi connectivity index (χ0v) is 19.9. The number of carbonyl (C=O) groups excluding carboxylic acids is 1. The molecule has 3 aromatic heterocycles. The summed E-state index contributed by atoms with van der Waals surface area (Å²) in [6, 6.07) is 6.67. The molecule has 1 saturated heterocycles. The Balaban J connectivity index is 1.23. The highest BCUT2D eigenvalue weighted by Gasteiger charge is 2.42. The molecular weight excluding hydrogens is 428 g/mol. The van der Waals surface area contributed by atoms with Gasteiger partial charge in [-0.25, -0.2) is 9.97 Å². The maximum atomic E-state index is 12.6. The van der Waals surface area contributed by atoms with Crippen molar-refractivity contribution in [2.45, 2.75) is 50.1 Å². The Hall–Kier alpha value is -3.20. The number of hydrogen-bond donors (Lipinski definition) is 2. The van der Waals surface area contributed by atoms with Gasteiger partial charge in [0.1, 0.15) is 17.2 Å². The maximum Gasteiger partial charge on any atom is 0.268 e. The summed E-state index contributed by atoms with van der Waals surface area (Å²) in [5.74, 6) is 1.18. The Labute approximate surface area is 199 Å². The number of fused-ring (bicyclic) bond motifs is 4. The molecule has 2 N–H and O–H groups in total. The van der Waals surface area contributed by atoms with Crippen LogP contribution in [0, 0.1) is 0 Å². The van der Waals surface area contributed by atoms with Gasteiger partial charge >= 0.3 is 0 Å². The first-order chi connectivity index (χ1) is 16.5. The van der Waals surface area contributed by atoms with Gasteiger partial charge in [-0.1, -0.05) is 12.8 Å². The van der Waals surface area contributed by atoms with Gasteiger partial charge in [0.05, 0.1) is 17.4 Å². The van der Waals surface area contributed by atoms with Crippen molar-refractivity contribution in [3.8, 4) is 0 Å². The average Bonchev–Trinajstić information content (AvgIpc) is 3.48. The molecule has 9 heteroatoms. The third-order valence-corrected chi connectivity index (χ3v) is 7.91. The summed E-state index contributed by atoms with van der Waals surface area (Å²) in [6.07, 6.45) is 10.5. The first-order valence-corrected chi connectivity index (χ1v) is 12.3. The van der Waals surface area contributed by atoms with Crippen LogP contribution >= 0.6 is 0 Å². The lowest BCUT2D eigenvalue weighted by Crippen LogP contribution is -2.50. The van der Waals surface area contributed by atoms with Crippen LogP contribution in [0.5, 0.6) is 0 Å². The van der Waals surface area contributed by atoms with E-state index in [2.05, 4.69) is 55.1 Å². The highest BCUT2D eigenvalue weighted by Crippen LogP contribution is 2.41. The number of rotatable bonds is 4. The number of hydrogen-bond acceptors (Lipinski definition) is 7. The van der Waals surface area contributed by atoms with Crippen molar-refractivity contribution in [2.75, 3.05) is 43.9 Å². The largest absolute Gasteiger partial charge is 0.370 e. The topological polar surface area (TPSA) is 91.2 Å². The molecule has 1 aliphatic carbocycles. The minimum absolute atomic E-state index is 0.0306. The summed E-state index contributed by atoms with van der Waals surface area (Å²) in [6.45, 7) is 2.77. The lowest BCUT2D eigenvalue weighted by atomic mass is 9.94. The first-order valence-electron chi connectivity index (χ1n) is 12.3. The van der Waals surface area contributed by atoms with E-state index in [1.54, 1.807) is 6.20 Å². The Bertz CT molecular complexity index is 1200. The van der Waals surface area contributed by atoms with Crippen molar-refractivity contribution in [1.82, 2.24) is 29.7 Å². The fraction of sp³-hybridized carbons (Fsp3) is 0.520. The number of pyridine rings is 1. The molecule has 3 aliphatic rings. The van der Waals surface area contributed by atoms with Gasteiger partial charge in [-0.2, -0.15) is 4.98 Å². The number of amides is 1. The van der Waals surface area contributed by atoms with Crippen molar-refractivity contribution in [2.24, 2.45) is 0 Å². The standard InChI is InChI=1S/C25H32N8O/c1-31(2)18-7-11-32(12-8-18)19-5-6-21(26-15-19)29-24-27-14-17-13-20-23(34)28-16-25(9-3-4-10-25)33(20)22(17)30-24/h5-6,13-15,18H,3-4,7-12,16H2,1-2H3,(H,28,34)(H,26,27,29,30). The van der Waals surface area contributed by atoms with E-state index in [4.69, 9.17) is 4.98 Å². The Morgan fingerprint density at radius 2 is 1.91 bits per heavy atom. The molecule has 2 fully saturated rings. The third kappa shape index (κ3) is 3.58. The van der Waals surface area contributed by atoms with Crippen LogP contribution in [-0.2, 0) is 5.54 Å². The normalized spacial score (nSPS) is 20.2. The van der Waals surface area contributed by atoms with Crippen molar-refractivity contribution in [3.05, 3.63) is 36.3 Å². The molecular formula is C25H32N8O. The molecule has 178 valence electrons. The fourth-order valence-electron chi connectivity index (χ4n) is 5.95. The lowest BCUT2D eigenvalue weighted by Gasteiger charge is -2.37. The van der Waals surface area contributed by atoms with Crippen LogP contribution in [0.25, 0.3) is 11.0 Å². The summed E-state index contributed by atoms with van der Waals surface area (Å²) < 4.78 is 2.18. The molecule has 0 atom stereocenters. The van der Waals surface area contributed by atoms with Gasteiger partial charge in [0.2, 0.25) is 5.95 Å². The Morgan fingerprint density at radius 3 is 2.62 bits per heavy atom. The molecule has 9 nitrogen and oxygen atoms in total. The Morgan fingerprint density at radius 1 is 1.12 bits per heavy atom. The first kappa shape index (κ1) is 21.3. The zero-order valence-electron chi connectivity index (χ0n) is 19.9. The second-order valence-corrected chi connectivity index (χ2v) is 10.2. The van der Waals surface area contributed by atoms with Crippen LogP contribution in [0.15, 0.2) is 30.6 Å². The van der Waals surface area contributed by atoms with Crippen LogP contribution in [0.3, 0.4) is 0 Å².